The highest BCUT2D eigenvalue weighted by Crippen LogP contribution is 2.17. The molecule has 0 bridgehead atoms. The van der Waals surface area contributed by atoms with Gasteiger partial charge in [-0.15, -0.1) is 12.4 Å². The fraction of sp³-hybridized carbons (Fsp3) is 0.250. The van der Waals surface area contributed by atoms with Gasteiger partial charge in [0.2, 0.25) is 0 Å². The predicted molar refractivity (Wildman–Crippen MR) is 57.0 cm³/mol. The summed E-state index contributed by atoms with van der Waals surface area (Å²) in [5.74, 6) is 0.724. The Labute approximate surface area is 87.9 Å². The number of nitrogens with zero attached hydrogens (tertiary/aromatic N) is 3. The highest BCUT2D eigenvalue weighted by molar-refractivity contribution is 5.85. The van der Waals surface area contributed by atoms with Gasteiger partial charge in [-0.3, -0.25) is 0 Å². The fourth-order valence-electron chi connectivity index (χ4n) is 0.837. The minimum atomic E-state index is 0. The first-order chi connectivity index (χ1) is 6.36. The van der Waals surface area contributed by atoms with Crippen molar-refractivity contribution in [1.82, 2.24) is 0 Å². The van der Waals surface area contributed by atoms with Gasteiger partial charge in [-0.1, -0.05) is 5.11 Å². The smallest absolute Gasteiger partial charge is 0.119 e. The molecule has 0 spiro atoms. The first kappa shape index (κ1) is 12.6. The van der Waals surface area contributed by atoms with E-state index in [2.05, 4.69) is 10.0 Å². The summed E-state index contributed by atoms with van der Waals surface area (Å²) in [4.78, 5) is 2.66. The van der Waals surface area contributed by atoms with Gasteiger partial charge in [-0.25, -0.2) is 0 Å². The molecule has 1 rings (SSSR count). The normalized spacial score (nSPS) is 8.36. The molecule has 0 heterocycles. The lowest BCUT2D eigenvalue weighted by Crippen LogP contribution is -2.10. The van der Waals surface area contributed by atoms with Crippen molar-refractivity contribution in [1.29, 1.82) is 0 Å². The van der Waals surface area contributed by atoms with Crippen molar-refractivity contribution >= 4 is 18.1 Å². The molecule has 0 saturated carbocycles. The summed E-state index contributed by atoms with van der Waals surface area (Å²) in [6.07, 6.45) is 0. The third-order valence-corrected chi connectivity index (χ3v) is 1.38. The van der Waals surface area contributed by atoms with Gasteiger partial charge < -0.3 is 10.5 Å². The quantitative estimate of drug-likeness (QED) is 0.474. The maximum absolute atomic E-state index is 8.14. The van der Waals surface area contributed by atoms with Crippen molar-refractivity contribution in [2.24, 2.45) is 10.8 Å². The summed E-state index contributed by atoms with van der Waals surface area (Å²) in [6.45, 7) is 0.971. The topological polar surface area (TPSA) is 84.0 Å². The zero-order valence-corrected chi connectivity index (χ0v) is 8.28. The minimum Gasteiger partial charge on any atom is -0.492 e. The predicted octanol–water partition coefficient (Wildman–Crippen LogP) is 2.39. The van der Waals surface area contributed by atoms with Crippen molar-refractivity contribution in [3.8, 4) is 5.75 Å². The Morgan fingerprint density at radius 2 is 2.00 bits per heavy atom. The van der Waals surface area contributed by atoms with Gasteiger partial charge in [0, 0.05) is 17.1 Å². The Bertz CT molecular complexity index is 308. The number of hydrogen-bond acceptors (Lipinski definition) is 3. The van der Waals surface area contributed by atoms with Crippen LogP contribution in [-0.4, -0.2) is 13.2 Å². The standard InChI is InChI=1S/C8H10N4O.ClH/c9-5-6-13-8-3-1-7(2-4-8)11-12-10;/h1-4H,5-6,9H2;1H. The molecule has 2 N–H and O–H groups in total. The maximum atomic E-state index is 8.14. The summed E-state index contributed by atoms with van der Waals surface area (Å²) in [7, 11) is 0. The number of nitrogens with two attached hydrogens (primary N) is 1. The second-order valence-corrected chi connectivity index (χ2v) is 2.32. The van der Waals surface area contributed by atoms with Gasteiger partial charge >= 0.3 is 0 Å². The molecule has 0 radical (unpaired) electrons. The van der Waals surface area contributed by atoms with Crippen LogP contribution in [0.1, 0.15) is 0 Å². The Morgan fingerprint density at radius 1 is 1.36 bits per heavy atom. The van der Waals surface area contributed by atoms with Crippen molar-refractivity contribution in [3.63, 3.8) is 0 Å². The number of rotatable bonds is 4. The molecule has 5 nitrogen and oxygen atoms in total. The number of benzene rings is 1. The van der Waals surface area contributed by atoms with Crippen LogP contribution in [0.15, 0.2) is 29.4 Å². The molecule has 0 unspecified atom stereocenters. The van der Waals surface area contributed by atoms with E-state index in [9.17, 15) is 0 Å². The zero-order chi connectivity index (χ0) is 9.52. The second kappa shape index (κ2) is 7.03. The second-order valence-electron chi connectivity index (χ2n) is 2.32. The monoisotopic (exact) mass is 214 g/mol. The van der Waals surface area contributed by atoms with E-state index in [0.717, 1.165) is 5.75 Å². The molecular weight excluding hydrogens is 204 g/mol. The number of azide groups is 1. The summed E-state index contributed by atoms with van der Waals surface area (Å²) < 4.78 is 5.23. The zero-order valence-electron chi connectivity index (χ0n) is 7.46. The van der Waals surface area contributed by atoms with Crippen LogP contribution in [0, 0.1) is 0 Å². The minimum absolute atomic E-state index is 0. The van der Waals surface area contributed by atoms with E-state index < -0.39 is 0 Å². The molecule has 0 aliphatic rings. The summed E-state index contributed by atoms with van der Waals surface area (Å²) in [6, 6.07) is 6.84. The highest BCUT2D eigenvalue weighted by atomic mass is 35.5. The summed E-state index contributed by atoms with van der Waals surface area (Å²) in [5.41, 5.74) is 14.0. The van der Waals surface area contributed by atoms with Gasteiger partial charge in [0.1, 0.15) is 12.4 Å². The maximum Gasteiger partial charge on any atom is 0.119 e. The number of halogens is 1. The molecular formula is C8H11ClN4O. The molecule has 0 aliphatic heterocycles. The van der Waals surface area contributed by atoms with Crippen LogP contribution in [0.25, 0.3) is 10.4 Å². The van der Waals surface area contributed by atoms with Gasteiger partial charge in [-0.05, 0) is 29.8 Å². The Kier molecular flexibility index (Phi) is 6.32. The molecule has 0 atom stereocenters. The van der Waals surface area contributed by atoms with Crippen molar-refractivity contribution in [2.45, 2.75) is 0 Å². The highest BCUT2D eigenvalue weighted by Gasteiger charge is 1.91. The van der Waals surface area contributed by atoms with Gasteiger partial charge in [0.05, 0.1) is 0 Å². The van der Waals surface area contributed by atoms with Gasteiger partial charge in [-0.2, -0.15) is 0 Å². The van der Waals surface area contributed by atoms with Crippen molar-refractivity contribution in [3.05, 3.63) is 34.7 Å². The molecule has 1 aromatic carbocycles. The number of hydrogen-bond donors (Lipinski definition) is 1. The largest absolute Gasteiger partial charge is 0.492 e. The summed E-state index contributed by atoms with van der Waals surface area (Å²) in [5, 5.41) is 3.43. The van der Waals surface area contributed by atoms with Crippen LogP contribution in [0.2, 0.25) is 0 Å². The van der Waals surface area contributed by atoms with Crippen LogP contribution in [0.4, 0.5) is 5.69 Å². The lowest BCUT2D eigenvalue weighted by Gasteiger charge is -2.03. The molecule has 0 amide bonds. The summed E-state index contributed by atoms with van der Waals surface area (Å²) >= 11 is 0. The lowest BCUT2D eigenvalue weighted by atomic mass is 10.3. The lowest BCUT2D eigenvalue weighted by molar-refractivity contribution is 0.328. The Morgan fingerprint density at radius 3 is 2.50 bits per heavy atom. The van der Waals surface area contributed by atoms with Crippen molar-refractivity contribution < 1.29 is 4.74 Å². The van der Waals surface area contributed by atoms with Crippen LogP contribution in [-0.2, 0) is 0 Å². The van der Waals surface area contributed by atoms with Crippen LogP contribution in [0.5, 0.6) is 5.75 Å². The molecule has 0 aliphatic carbocycles. The molecule has 0 fully saturated rings. The van der Waals surface area contributed by atoms with Crippen molar-refractivity contribution in [2.75, 3.05) is 13.2 Å². The average Bonchev–Trinajstić information content (AvgIpc) is 2.17. The SMILES string of the molecule is Cl.[N-]=[N+]=Nc1ccc(OCCN)cc1. The molecule has 1 aromatic rings. The number of ether oxygens (including phenoxy) is 1. The molecule has 0 saturated heterocycles. The first-order valence-electron chi connectivity index (χ1n) is 3.85. The van der Waals surface area contributed by atoms with E-state index in [4.69, 9.17) is 16.0 Å². The van der Waals surface area contributed by atoms with Crippen LogP contribution >= 0.6 is 12.4 Å². The average molecular weight is 215 g/mol. The van der Waals surface area contributed by atoms with Crippen LogP contribution in [0.3, 0.4) is 0 Å². The molecule has 14 heavy (non-hydrogen) atoms. The van der Waals surface area contributed by atoms with E-state index >= 15 is 0 Å². The van der Waals surface area contributed by atoms with Gasteiger partial charge in [0.25, 0.3) is 0 Å². The van der Waals surface area contributed by atoms with E-state index in [1.807, 2.05) is 0 Å². The Balaban J connectivity index is 0.00000169. The van der Waals surface area contributed by atoms with E-state index in [0.29, 0.717) is 18.8 Å². The van der Waals surface area contributed by atoms with Gasteiger partial charge in [0.15, 0.2) is 0 Å². The molecule has 6 heteroatoms. The first-order valence-corrected chi connectivity index (χ1v) is 3.85. The third-order valence-electron chi connectivity index (χ3n) is 1.38. The van der Waals surface area contributed by atoms with E-state index in [-0.39, 0.29) is 12.4 Å². The van der Waals surface area contributed by atoms with E-state index in [1.165, 1.54) is 0 Å². The fourth-order valence-corrected chi connectivity index (χ4v) is 0.837. The Hall–Kier alpha value is -1.42. The third kappa shape index (κ3) is 4.00. The van der Waals surface area contributed by atoms with E-state index in [1.54, 1.807) is 24.3 Å². The van der Waals surface area contributed by atoms with Crippen LogP contribution < -0.4 is 10.5 Å². The molecule has 76 valence electrons. The molecule has 0 aromatic heterocycles.